The molecule has 0 radical (unpaired) electrons. The van der Waals surface area contributed by atoms with E-state index in [1.807, 2.05) is 37.3 Å². The normalized spacial score (nSPS) is 18.3. The molecule has 1 aliphatic heterocycles. The summed E-state index contributed by atoms with van der Waals surface area (Å²) in [5, 5.41) is 40.3. The molecule has 0 amide bonds. The van der Waals surface area contributed by atoms with Crippen LogP contribution in [0, 0.1) is 5.92 Å². The second kappa shape index (κ2) is 7.00. The Labute approximate surface area is 163 Å². The van der Waals surface area contributed by atoms with Crippen LogP contribution in [0.4, 0.5) is 0 Å². The van der Waals surface area contributed by atoms with Crippen LogP contribution in [0.15, 0.2) is 54.6 Å². The third-order valence-electron chi connectivity index (χ3n) is 5.28. The van der Waals surface area contributed by atoms with Gasteiger partial charge >= 0.3 is 0 Å². The van der Waals surface area contributed by atoms with Gasteiger partial charge in [0.2, 0.25) is 0 Å². The zero-order chi connectivity index (χ0) is 19.8. The summed E-state index contributed by atoms with van der Waals surface area (Å²) in [4.78, 5) is 0. The van der Waals surface area contributed by atoms with Crippen LogP contribution in [-0.2, 0) is 12.8 Å². The van der Waals surface area contributed by atoms with Crippen LogP contribution < -0.4 is 4.74 Å². The topological polar surface area (TPSA) is 90.2 Å². The second-order valence-corrected chi connectivity index (χ2v) is 7.33. The van der Waals surface area contributed by atoms with Gasteiger partial charge in [0.15, 0.2) is 11.5 Å². The second-order valence-electron chi connectivity index (χ2n) is 7.33. The molecule has 5 nitrogen and oxygen atoms in total. The number of fused-ring (bicyclic) bond motifs is 1. The molecule has 0 aromatic heterocycles. The number of phenols is 4. The fourth-order valence-corrected chi connectivity index (χ4v) is 3.82. The van der Waals surface area contributed by atoms with Gasteiger partial charge in [0, 0.05) is 29.5 Å². The van der Waals surface area contributed by atoms with Gasteiger partial charge < -0.3 is 25.2 Å². The molecule has 0 unspecified atom stereocenters. The van der Waals surface area contributed by atoms with Gasteiger partial charge in [-0.3, -0.25) is 0 Å². The van der Waals surface area contributed by atoms with Crippen molar-refractivity contribution in [3.63, 3.8) is 0 Å². The Balaban J connectivity index is 1.77. The number of hydrogen-bond donors (Lipinski definition) is 4. The molecule has 1 heterocycles. The predicted octanol–water partition coefficient (Wildman–Crippen LogP) is 4.41. The van der Waals surface area contributed by atoms with E-state index in [1.54, 1.807) is 6.07 Å². The van der Waals surface area contributed by atoms with E-state index in [2.05, 4.69) is 0 Å². The Hall–Kier alpha value is -3.34. The Morgan fingerprint density at radius 3 is 2.32 bits per heavy atom. The predicted molar refractivity (Wildman–Crippen MR) is 105 cm³/mol. The highest BCUT2D eigenvalue weighted by atomic mass is 16.5. The van der Waals surface area contributed by atoms with Crippen LogP contribution in [0.5, 0.6) is 28.7 Å². The van der Waals surface area contributed by atoms with E-state index in [4.69, 9.17) is 4.74 Å². The molecule has 0 saturated carbocycles. The molecule has 3 aromatic rings. The summed E-state index contributed by atoms with van der Waals surface area (Å²) in [7, 11) is 0. The van der Waals surface area contributed by atoms with Crippen molar-refractivity contribution in [1.29, 1.82) is 0 Å². The molecular formula is C23H22O5. The Bertz CT molecular complexity index is 1010. The molecule has 0 bridgehead atoms. The molecule has 144 valence electrons. The van der Waals surface area contributed by atoms with Crippen LogP contribution in [0.1, 0.15) is 35.3 Å². The fraction of sp³-hybridized carbons (Fsp3) is 0.217. The zero-order valence-electron chi connectivity index (χ0n) is 15.5. The highest BCUT2D eigenvalue weighted by molar-refractivity contribution is 5.59. The summed E-state index contributed by atoms with van der Waals surface area (Å²) in [6, 6.07) is 15.7. The lowest BCUT2D eigenvalue weighted by molar-refractivity contribution is 0.119. The van der Waals surface area contributed by atoms with E-state index in [0.29, 0.717) is 29.7 Å². The number of benzene rings is 3. The molecule has 5 heteroatoms. The Kier molecular flexibility index (Phi) is 4.51. The van der Waals surface area contributed by atoms with Gasteiger partial charge in [-0.15, -0.1) is 0 Å². The molecular weight excluding hydrogens is 356 g/mol. The zero-order valence-corrected chi connectivity index (χ0v) is 15.5. The van der Waals surface area contributed by atoms with Crippen molar-refractivity contribution in [2.75, 3.05) is 0 Å². The third-order valence-corrected chi connectivity index (χ3v) is 5.28. The van der Waals surface area contributed by atoms with Crippen molar-refractivity contribution >= 4 is 0 Å². The number of phenolic OH excluding ortho intramolecular Hbond substituents is 4. The molecule has 0 spiro atoms. The Morgan fingerprint density at radius 2 is 1.61 bits per heavy atom. The van der Waals surface area contributed by atoms with E-state index in [1.165, 1.54) is 18.2 Å². The lowest BCUT2D eigenvalue weighted by atomic mass is 9.86. The van der Waals surface area contributed by atoms with Crippen molar-refractivity contribution in [2.45, 2.75) is 25.9 Å². The molecule has 28 heavy (non-hydrogen) atoms. The average molecular weight is 378 g/mol. The summed E-state index contributed by atoms with van der Waals surface area (Å²) in [5.74, 6) is 0.119. The van der Waals surface area contributed by atoms with Crippen LogP contribution in [0.2, 0.25) is 0 Å². The standard InChI is InChI=1S/C23H22O5/c1-13-9-16-19(25)12-20(26)17(10-14-5-3-2-4-6-14)23(16)28-22(13)15-7-8-18(24)21(27)11-15/h2-8,11-13,22,24-27H,9-10H2,1H3/t13-,22-/m1/s1. The van der Waals surface area contributed by atoms with Gasteiger partial charge in [-0.2, -0.15) is 0 Å². The average Bonchev–Trinajstić information content (AvgIpc) is 2.68. The number of ether oxygens (including phenoxy) is 1. The van der Waals surface area contributed by atoms with Crippen LogP contribution in [0.25, 0.3) is 0 Å². The minimum absolute atomic E-state index is 0.0121. The molecule has 3 aromatic carbocycles. The highest BCUT2D eigenvalue weighted by Crippen LogP contribution is 2.48. The summed E-state index contributed by atoms with van der Waals surface area (Å²) in [6.07, 6.45) is 0.655. The Morgan fingerprint density at radius 1 is 0.857 bits per heavy atom. The fourth-order valence-electron chi connectivity index (χ4n) is 3.82. The molecule has 2 atom stereocenters. The van der Waals surface area contributed by atoms with E-state index in [9.17, 15) is 20.4 Å². The van der Waals surface area contributed by atoms with Gasteiger partial charge in [0.1, 0.15) is 23.4 Å². The molecule has 0 saturated heterocycles. The molecule has 0 aliphatic carbocycles. The molecule has 4 N–H and O–H groups in total. The van der Waals surface area contributed by atoms with Crippen molar-refractivity contribution in [1.82, 2.24) is 0 Å². The lowest BCUT2D eigenvalue weighted by Crippen LogP contribution is -2.24. The maximum absolute atomic E-state index is 10.5. The van der Waals surface area contributed by atoms with Crippen molar-refractivity contribution in [3.05, 3.63) is 76.9 Å². The van der Waals surface area contributed by atoms with Gasteiger partial charge in [-0.05, 0) is 29.7 Å². The van der Waals surface area contributed by atoms with Crippen LogP contribution >= 0.6 is 0 Å². The first-order chi connectivity index (χ1) is 13.4. The smallest absolute Gasteiger partial charge is 0.157 e. The van der Waals surface area contributed by atoms with E-state index < -0.39 is 0 Å². The monoisotopic (exact) mass is 378 g/mol. The van der Waals surface area contributed by atoms with E-state index in [-0.39, 0.29) is 35.0 Å². The largest absolute Gasteiger partial charge is 0.507 e. The first-order valence-corrected chi connectivity index (χ1v) is 9.23. The third kappa shape index (κ3) is 3.20. The number of rotatable bonds is 3. The number of aromatic hydroxyl groups is 4. The molecule has 1 aliphatic rings. The summed E-state index contributed by atoms with van der Waals surface area (Å²) in [5.41, 5.74) is 3.04. The van der Waals surface area contributed by atoms with Gasteiger partial charge in [-0.1, -0.05) is 43.3 Å². The minimum atomic E-state index is -0.380. The van der Waals surface area contributed by atoms with Gasteiger partial charge in [0.05, 0.1) is 0 Å². The maximum Gasteiger partial charge on any atom is 0.157 e. The summed E-state index contributed by atoms with van der Waals surface area (Å²) < 4.78 is 6.28. The lowest BCUT2D eigenvalue weighted by Gasteiger charge is -2.34. The van der Waals surface area contributed by atoms with Gasteiger partial charge in [-0.25, -0.2) is 0 Å². The summed E-state index contributed by atoms with van der Waals surface area (Å²) >= 11 is 0. The highest BCUT2D eigenvalue weighted by Gasteiger charge is 2.33. The van der Waals surface area contributed by atoms with Gasteiger partial charge in [0.25, 0.3) is 0 Å². The van der Waals surface area contributed by atoms with Crippen LogP contribution in [0.3, 0.4) is 0 Å². The number of hydrogen-bond acceptors (Lipinski definition) is 5. The summed E-state index contributed by atoms with van der Waals surface area (Å²) in [6.45, 7) is 2.00. The van der Waals surface area contributed by atoms with Crippen LogP contribution in [-0.4, -0.2) is 20.4 Å². The van der Waals surface area contributed by atoms with E-state index >= 15 is 0 Å². The first kappa shape index (κ1) is 18.0. The maximum atomic E-state index is 10.5. The minimum Gasteiger partial charge on any atom is -0.507 e. The van der Waals surface area contributed by atoms with Crippen molar-refractivity contribution < 1.29 is 25.2 Å². The van der Waals surface area contributed by atoms with Crippen molar-refractivity contribution in [3.8, 4) is 28.7 Å². The SMILES string of the molecule is C[C@@H]1Cc2c(O)cc(O)c(Cc3ccccc3)c2O[C@H]1c1ccc(O)c(O)c1. The van der Waals surface area contributed by atoms with Crippen molar-refractivity contribution in [2.24, 2.45) is 5.92 Å². The molecule has 0 fully saturated rings. The molecule has 4 rings (SSSR count). The quantitative estimate of drug-likeness (QED) is 0.507. The first-order valence-electron chi connectivity index (χ1n) is 9.23. The van der Waals surface area contributed by atoms with E-state index in [0.717, 1.165) is 11.1 Å².